The van der Waals surface area contributed by atoms with Gasteiger partial charge < -0.3 is 15.0 Å². The highest BCUT2D eigenvalue weighted by Gasteiger charge is 2.20. The van der Waals surface area contributed by atoms with Gasteiger partial charge in [-0.15, -0.1) is 5.10 Å². The maximum absolute atomic E-state index is 12.3. The molecule has 0 spiro atoms. The molecular weight excluding hydrogens is 462 g/mol. The molecule has 176 valence electrons. The summed E-state index contributed by atoms with van der Waals surface area (Å²) in [4.78, 5) is 12.3. The third-order valence-electron chi connectivity index (χ3n) is 5.88. The van der Waals surface area contributed by atoms with Gasteiger partial charge in [0.05, 0.1) is 12.7 Å². The first kappa shape index (κ1) is 22.8. The van der Waals surface area contributed by atoms with Crippen molar-refractivity contribution in [3.63, 3.8) is 0 Å². The van der Waals surface area contributed by atoms with Crippen LogP contribution in [0.15, 0.2) is 91.3 Å². The van der Waals surface area contributed by atoms with E-state index in [9.17, 15) is 9.90 Å². The zero-order valence-electron chi connectivity index (χ0n) is 18.9. The predicted octanol–water partition coefficient (Wildman–Crippen LogP) is 4.45. The lowest BCUT2D eigenvalue weighted by Crippen LogP contribution is -2.27. The van der Waals surface area contributed by atoms with Gasteiger partial charge >= 0.3 is 0 Å². The number of para-hydroxylation sites is 1. The average Bonchev–Trinajstić information content (AvgIpc) is 3.50. The molecule has 1 atom stereocenters. The van der Waals surface area contributed by atoms with E-state index in [1.54, 1.807) is 35.1 Å². The molecule has 3 aromatic carbocycles. The van der Waals surface area contributed by atoms with Crippen LogP contribution < -0.4 is 5.32 Å². The van der Waals surface area contributed by atoms with E-state index < -0.39 is 6.10 Å². The molecule has 5 aromatic rings. The van der Waals surface area contributed by atoms with Crippen molar-refractivity contribution >= 4 is 28.4 Å². The topological polar surface area (TPSA) is 85.0 Å². The van der Waals surface area contributed by atoms with E-state index in [0.717, 1.165) is 16.5 Å². The van der Waals surface area contributed by atoms with Gasteiger partial charge in [-0.2, -0.15) is 0 Å². The fourth-order valence-electron chi connectivity index (χ4n) is 4.10. The Morgan fingerprint density at radius 3 is 2.51 bits per heavy atom. The third kappa shape index (κ3) is 5.11. The van der Waals surface area contributed by atoms with Crippen molar-refractivity contribution in [2.45, 2.75) is 19.2 Å². The van der Waals surface area contributed by atoms with Crippen LogP contribution in [0.2, 0.25) is 5.02 Å². The molecule has 1 amide bonds. The Hall–Kier alpha value is -3.94. The predicted molar refractivity (Wildman–Crippen MR) is 135 cm³/mol. The molecule has 2 N–H and O–H groups in total. The molecule has 7 nitrogen and oxygen atoms in total. The Bertz CT molecular complexity index is 1440. The highest BCUT2D eigenvalue weighted by molar-refractivity contribution is 6.30. The van der Waals surface area contributed by atoms with Crippen LogP contribution in [0.4, 0.5) is 0 Å². The Morgan fingerprint density at radius 2 is 1.71 bits per heavy atom. The summed E-state index contributed by atoms with van der Waals surface area (Å²) in [5.41, 5.74) is 4.00. The molecule has 0 fully saturated rings. The maximum Gasteiger partial charge on any atom is 0.251 e. The second kappa shape index (κ2) is 10.1. The SMILES string of the molecule is O=C(NCCn1cc(C(O)c2cn(Cc3ccccc3)c3ccccc23)nn1)c1ccc(Cl)cc1. The average molecular weight is 486 g/mol. The lowest BCUT2D eigenvalue weighted by atomic mass is 10.1. The molecule has 5 rings (SSSR count). The highest BCUT2D eigenvalue weighted by Crippen LogP contribution is 2.30. The number of amides is 1. The standard InChI is InChI=1S/C27H24ClN5O2/c28-21-12-10-20(11-13-21)27(35)29-14-15-33-18-24(30-31-33)26(34)23-17-32(16-19-6-2-1-3-7-19)25-9-5-4-8-22(23)25/h1-13,17-18,26,34H,14-16H2,(H,29,35). The number of fused-ring (bicyclic) bond motifs is 1. The summed E-state index contributed by atoms with van der Waals surface area (Å²) < 4.78 is 3.75. The lowest BCUT2D eigenvalue weighted by Gasteiger charge is -2.06. The number of hydrogen-bond acceptors (Lipinski definition) is 4. The summed E-state index contributed by atoms with van der Waals surface area (Å²) in [6, 6.07) is 24.9. The summed E-state index contributed by atoms with van der Waals surface area (Å²) >= 11 is 5.87. The largest absolute Gasteiger partial charge is 0.382 e. The second-order valence-corrected chi connectivity index (χ2v) is 8.72. The van der Waals surface area contributed by atoms with Gasteiger partial charge in [0.25, 0.3) is 5.91 Å². The van der Waals surface area contributed by atoms with Crippen LogP contribution in [0.25, 0.3) is 10.9 Å². The van der Waals surface area contributed by atoms with Gasteiger partial charge in [0, 0.05) is 46.3 Å². The summed E-state index contributed by atoms with van der Waals surface area (Å²) in [6.45, 7) is 1.50. The number of rotatable bonds is 8. The van der Waals surface area contributed by atoms with Crippen LogP contribution in [0.5, 0.6) is 0 Å². The number of carbonyl (C=O) groups excluding carboxylic acids is 1. The number of hydrogen-bond donors (Lipinski definition) is 2. The molecule has 0 aliphatic rings. The minimum atomic E-state index is -0.922. The molecule has 2 aromatic heterocycles. The van der Waals surface area contributed by atoms with Crippen molar-refractivity contribution in [2.24, 2.45) is 0 Å². The molecular formula is C27H24ClN5O2. The fraction of sp³-hybridized carbons (Fsp3) is 0.148. The van der Waals surface area contributed by atoms with Crippen molar-refractivity contribution in [2.75, 3.05) is 6.54 Å². The summed E-state index contributed by atoms with van der Waals surface area (Å²) in [5, 5.41) is 23.9. The normalized spacial score (nSPS) is 12.1. The van der Waals surface area contributed by atoms with Crippen molar-refractivity contribution in [3.8, 4) is 0 Å². The number of carbonyl (C=O) groups is 1. The second-order valence-electron chi connectivity index (χ2n) is 8.29. The molecule has 2 heterocycles. The minimum Gasteiger partial charge on any atom is -0.382 e. The van der Waals surface area contributed by atoms with Crippen molar-refractivity contribution in [1.82, 2.24) is 24.9 Å². The molecule has 0 aliphatic heterocycles. The number of aliphatic hydroxyl groups is 1. The zero-order chi connectivity index (χ0) is 24.2. The van der Waals surface area contributed by atoms with Gasteiger partial charge in [0.1, 0.15) is 11.8 Å². The first-order chi connectivity index (χ1) is 17.1. The first-order valence-corrected chi connectivity index (χ1v) is 11.7. The molecule has 1 unspecified atom stereocenters. The fourth-order valence-corrected chi connectivity index (χ4v) is 4.22. The summed E-state index contributed by atoms with van der Waals surface area (Å²) in [6.07, 6.45) is 2.77. The monoisotopic (exact) mass is 485 g/mol. The summed E-state index contributed by atoms with van der Waals surface area (Å²) in [7, 11) is 0. The summed E-state index contributed by atoms with van der Waals surface area (Å²) in [5.74, 6) is -0.187. The minimum absolute atomic E-state index is 0.187. The Balaban J connectivity index is 1.28. The number of aromatic nitrogens is 4. The van der Waals surface area contributed by atoms with Crippen LogP contribution in [0, 0.1) is 0 Å². The van der Waals surface area contributed by atoms with Crippen molar-refractivity contribution in [3.05, 3.63) is 119 Å². The highest BCUT2D eigenvalue weighted by atomic mass is 35.5. The van der Waals surface area contributed by atoms with Crippen LogP contribution in [0.3, 0.4) is 0 Å². The Kier molecular flexibility index (Phi) is 6.61. The lowest BCUT2D eigenvalue weighted by molar-refractivity contribution is 0.0952. The molecule has 0 aliphatic carbocycles. The van der Waals surface area contributed by atoms with Gasteiger partial charge in [-0.25, -0.2) is 0 Å². The first-order valence-electron chi connectivity index (χ1n) is 11.3. The quantitative estimate of drug-likeness (QED) is 0.340. The molecule has 0 saturated heterocycles. The molecule has 35 heavy (non-hydrogen) atoms. The van der Waals surface area contributed by atoms with Gasteiger partial charge in [-0.3, -0.25) is 9.48 Å². The number of benzene rings is 3. The van der Waals surface area contributed by atoms with Crippen LogP contribution in [-0.2, 0) is 13.1 Å². The Morgan fingerprint density at radius 1 is 0.971 bits per heavy atom. The maximum atomic E-state index is 12.3. The number of nitrogens with one attached hydrogen (secondary N) is 1. The van der Waals surface area contributed by atoms with Crippen LogP contribution in [-0.4, -0.2) is 37.1 Å². The smallest absolute Gasteiger partial charge is 0.251 e. The van der Waals surface area contributed by atoms with Gasteiger partial charge in [-0.1, -0.05) is 65.3 Å². The molecule has 0 saturated carbocycles. The molecule has 0 bridgehead atoms. The third-order valence-corrected chi connectivity index (χ3v) is 6.13. The van der Waals surface area contributed by atoms with Gasteiger partial charge in [0.15, 0.2) is 0 Å². The van der Waals surface area contributed by atoms with Crippen molar-refractivity contribution < 1.29 is 9.90 Å². The van der Waals surface area contributed by atoms with E-state index in [2.05, 4.69) is 38.4 Å². The van der Waals surface area contributed by atoms with E-state index in [1.165, 1.54) is 5.56 Å². The zero-order valence-corrected chi connectivity index (χ0v) is 19.6. The van der Waals surface area contributed by atoms with E-state index in [4.69, 9.17) is 11.6 Å². The van der Waals surface area contributed by atoms with E-state index >= 15 is 0 Å². The van der Waals surface area contributed by atoms with E-state index in [0.29, 0.717) is 35.9 Å². The molecule has 0 radical (unpaired) electrons. The van der Waals surface area contributed by atoms with Crippen molar-refractivity contribution in [1.29, 1.82) is 0 Å². The van der Waals surface area contributed by atoms with Crippen LogP contribution in [0.1, 0.15) is 33.3 Å². The van der Waals surface area contributed by atoms with E-state index in [-0.39, 0.29) is 5.91 Å². The number of aliphatic hydroxyl groups excluding tert-OH is 1. The van der Waals surface area contributed by atoms with E-state index in [1.807, 2.05) is 42.6 Å². The number of halogens is 1. The Labute approximate surface area is 207 Å². The number of nitrogens with zero attached hydrogens (tertiary/aromatic N) is 4. The van der Waals surface area contributed by atoms with Gasteiger partial charge in [0.2, 0.25) is 0 Å². The molecule has 8 heteroatoms. The van der Waals surface area contributed by atoms with Crippen LogP contribution >= 0.6 is 11.6 Å². The van der Waals surface area contributed by atoms with Gasteiger partial charge in [-0.05, 0) is 35.9 Å².